The number of nitrogens with zero attached hydrogens (tertiary/aromatic N) is 2. The van der Waals surface area contributed by atoms with Crippen molar-refractivity contribution >= 4 is 0 Å². The van der Waals surface area contributed by atoms with E-state index >= 15 is 0 Å². The summed E-state index contributed by atoms with van der Waals surface area (Å²) in [5, 5.41) is 0. The predicted octanol–water partition coefficient (Wildman–Crippen LogP) is -0.995. The Morgan fingerprint density at radius 2 is 2.06 bits per heavy atom. The van der Waals surface area contributed by atoms with E-state index in [4.69, 9.17) is 4.74 Å². The molecule has 1 aromatic rings. The largest absolute Gasteiger partial charge is 1.00 e. The van der Waals surface area contributed by atoms with Gasteiger partial charge in [0, 0.05) is 7.11 Å². The number of aromatic nitrogens is 2. The molecule has 0 bridgehead atoms. The Labute approximate surface area is 116 Å². The number of methoxy groups -OCH3 is 1. The fourth-order valence-corrected chi connectivity index (χ4v) is 1.51. The number of unbranched alkanes of at least 4 members (excludes halogenated alkanes) is 1. The predicted molar refractivity (Wildman–Crippen MR) is 60.6 cm³/mol. The molecule has 0 radical (unpaired) electrons. The highest BCUT2D eigenvalue weighted by atomic mass is 127. The van der Waals surface area contributed by atoms with Crippen LogP contribution in [0.25, 0.3) is 0 Å². The lowest BCUT2D eigenvalue weighted by Crippen LogP contribution is -3.00. The number of ether oxygens (including phenoxy) is 1. The first-order valence-corrected chi connectivity index (χ1v) is 5.67. The summed E-state index contributed by atoms with van der Waals surface area (Å²) < 4.78 is 9.81. The van der Waals surface area contributed by atoms with E-state index in [-0.39, 0.29) is 29.6 Å². The second kappa shape index (κ2) is 7.27. The fourth-order valence-electron chi connectivity index (χ4n) is 1.51. The van der Waals surface area contributed by atoms with Crippen LogP contribution in [-0.2, 0) is 17.8 Å². The van der Waals surface area contributed by atoms with Crippen molar-refractivity contribution in [2.45, 2.75) is 52.3 Å². The third-order valence-corrected chi connectivity index (χ3v) is 2.63. The highest BCUT2D eigenvalue weighted by Crippen LogP contribution is 2.06. The first-order valence-electron chi connectivity index (χ1n) is 5.67. The van der Waals surface area contributed by atoms with E-state index in [1.807, 2.05) is 0 Å². The molecule has 94 valence electrons. The number of aryl methyl sites for hydroxylation is 1. The Bertz CT molecular complexity index is 297. The second-order valence-corrected chi connectivity index (χ2v) is 4.64. The minimum absolute atomic E-state index is 0. The van der Waals surface area contributed by atoms with Gasteiger partial charge in [0.25, 0.3) is 0 Å². The maximum absolute atomic E-state index is 5.40. The molecule has 0 aliphatic carbocycles. The number of hydrogen-bond acceptors (Lipinski definition) is 1. The van der Waals surface area contributed by atoms with Crippen molar-refractivity contribution in [1.82, 2.24) is 4.57 Å². The summed E-state index contributed by atoms with van der Waals surface area (Å²) in [4.78, 5) is 0. The SMILES string of the molecule is CCCCn1cc[n+](CC(C)(C)OC)c1.[I-]. The summed E-state index contributed by atoms with van der Waals surface area (Å²) >= 11 is 0. The van der Waals surface area contributed by atoms with Gasteiger partial charge >= 0.3 is 0 Å². The van der Waals surface area contributed by atoms with Crippen LogP contribution >= 0.6 is 0 Å². The van der Waals surface area contributed by atoms with Crippen molar-refractivity contribution < 1.29 is 33.3 Å². The first-order chi connectivity index (χ1) is 7.07. The van der Waals surface area contributed by atoms with Gasteiger partial charge in [0.2, 0.25) is 6.33 Å². The van der Waals surface area contributed by atoms with Gasteiger partial charge in [-0.25, -0.2) is 9.13 Å². The van der Waals surface area contributed by atoms with Crippen LogP contribution in [0.4, 0.5) is 0 Å². The molecule has 0 fully saturated rings. The summed E-state index contributed by atoms with van der Waals surface area (Å²) in [5.41, 5.74) is -0.0956. The van der Waals surface area contributed by atoms with Gasteiger partial charge in [0.1, 0.15) is 18.9 Å². The Morgan fingerprint density at radius 3 is 2.62 bits per heavy atom. The second-order valence-electron chi connectivity index (χ2n) is 4.64. The van der Waals surface area contributed by atoms with E-state index in [1.54, 1.807) is 7.11 Å². The molecule has 0 aliphatic heterocycles. The minimum Gasteiger partial charge on any atom is -1.00 e. The van der Waals surface area contributed by atoms with Crippen LogP contribution in [-0.4, -0.2) is 17.3 Å². The molecule has 16 heavy (non-hydrogen) atoms. The van der Waals surface area contributed by atoms with Crippen molar-refractivity contribution in [3.63, 3.8) is 0 Å². The summed E-state index contributed by atoms with van der Waals surface area (Å²) in [7, 11) is 1.76. The maximum atomic E-state index is 5.40. The lowest BCUT2D eigenvalue weighted by atomic mass is 10.1. The Morgan fingerprint density at radius 1 is 1.38 bits per heavy atom. The summed E-state index contributed by atoms with van der Waals surface area (Å²) in [6, 6.07) is 0. The van der Waals surface area contributed by atoms with E-state index < -0.39 is 0 Å². The highest BCUT2D eigenvalue weighted by molar-refractivity contribution is 4.68. The monoisotopic (exact) mass is 338 g/mol. The van der Waals surface area contributed by atoms with Crippen molar-refractivity contribution in [2.75, 3.05) is 7.11 Å². The average Bonchev–Trinajstić information content (AvgIpc) is 2.62. The fraction of sp³-hybridized carbons (Fsp3) is 0.750. The van der Waals surface area contributed by atoms with Crippen molar-refractivity contribution in [2.24, 2.45) is 0 Å². The standard InChI is InChI=1S/C12H23N2O.HI/c1-5-6-7-13-8-9-14(11-13)10-12(2,3)15-4;/h8-9,11H,5-7,10H2,1-4H3;1H/q+1;/p-1. The molecule has 1 aromatic heterocycles. The molecule has 0 saturated heterocycles. The molecule has 0 spiro atoms. The van der Waals surface area contributed by atoms with Crippen LogP contribution in [0.15, 0.2) is 18.7 Å². The van der Waals surface area contributed by atoms with Crippen LogP contribution in [0.2, 0.25) is 0 Å². The lowest BCUT2D eigenvalue weighted by molar-refractivity contribution is -0.708. The molecule has 0 atom stereocenters. The van der Waals surface area contributed by atoms with Gasteiger partial charge in [-0.1, -0.05) is 13.3 Å². The molecule has 0 aromatic carbocycles. The van der Waals surface area contributed by atoms with E-state index in [0.717, 1.165) is 13.1 Å². The molecular formula is C12H23IN2O. The quantitative estimate of drug-likeness (QED) is 0.481. The van der Waals surface area contributed by atoms with Gasteiger partial charge in [-0.15, -0.1) is 0 Å². The Kier molecular flexibility index (Phi) is 7.22. The summed E-state index contributed by atoms with van der Waals surface area (Å²) in [6.07, 6.45) is 8.86. The van der Waals surface area contributed by atoms with Crippen LogP contribution in [0.3, 0.4) is 0 Å². The molecule has 0 unspecified atom stereocenters. The highest BCUT2D eigenvalue weighted by Gasteiger charge is 2.20. The lowest BCUT2D eigenvalue weighted by Gasteiger charge is -2.19. The normalized spacial score (nSPS) is 11.2. The minimum atomic E-state index is -0.0956. The summed E-state index contributed by atoms with van der Waals surface area (Å²) in [6.45, 7) is 8.41. The third-order valence-electron chi connectivity index (χ3n) is 2.63. The van der Waals surface area contributed by atoms with Crippen LogP contribution in [0, 0.1) is 0 Å². The molecule has 1 rings (SSSR count). The molecule has 0 saturated carbocycles. The van der Waals surface area contributed by atoms with E-state index in [9.17, 15) is 0 Å². The van der Waals surface area contributed by atoms with E-state index in [0.29, 0.717) is 0 Å². The molecular weight excluding hydrogens is 315 g/mol. The summed E-state index contributed by atoms with van der Waals surface area (Å²) in [5.74, 6) is 0. The van der Waals surface area contributed by atoms with Crippen molar-refractivity contribution in [1.29, 1.82) is 0 Å². The van der Waals surface area contributed by atoms with Gasteiger partial charge < -0.3 is 28.7 Å². The number of imidazole rings is 1. The average molecular weight is 338 g/mol. The van der Waals surface area contributed by atoms with Gasteiger partial charge in [-0.2, -0.15) is 0 Å². The molecule has 4 heteroatoms. The van der Waals surface area contributed by atoms with E-state index in [1.165, 1.54) is 12.8 Å². The molecule has 1 heterocycles. The van der Waals surface area contributed by atoms with Gasteiger partial charge in [-0.05, 0) is 20.3 Å². The molecule has 0 aliphatic rings. The number of rotatable bonds is 6. The van der Waals surface area contributed by atoms with E-state index in [2.05, 4.69) is 48.6 Å². The van der Waals surface area contributed by atoms with Crippen LogP contribution in [0.1, 0.15) is 33.6 Å². The van der Waals surface area contributed by atoms with Gasteiger partial charge in [-0.3, -0.25) is 0 Å². The topological polar surface area (TPSA) is 18.0 Å². The third kappa shape index (κ3) is 5.30. The Hall–Kier alpha value is -0.100. The molecule has 3 nitrogen and oxygen atoms in total. The number of hydrogen-bond donors (Lipinski definition) is 0. The van der Waals surface area contributed by atoms with Crippen LogP contribution < -0.4 is 28.5 Å². The van der Waals surface area contributed by atoms with Gasteiger partial charge in [0.15, 0.2) is 0 Å². The van der Waals surface area contributed by atoms with Crippen molar-refractivity contribution in [3.05, 3.63) is 18.7 Å². The molecule has 0 amide bonds. The number of halogens is 1. The Balaban J connectivity index is 0.00000225. The zero-order valence-electron chi connectivity index (χ0n) is 10.7. The zero-order valence-corrected chi connectivity index (χ0v) is 12.9. The molecule has 0 N–H and O–H groups in total. The van der Waals surface area contributed by atoms with Crippen LogP contribution in [0.5, 0.6) is 0 Å². The zero-order chi connectivity index (χ0) is 11.3. The first kappa shape index (κ1) is 15.9. The maximum Gasteiger partial charge on any atom is 0.243 e. The smallest absolute Gasteiger partial charge is 0.243 e. The van der Waals surface area contributed by atoms with Crippen molar-refractivity contribution in [3.8, 4) is 0 Å². The van der Waals surface area contributed by atoms with Gasteiger partial charge in [0.05, 0.1) is 12.1 Å².